The van der Waals surface area contributed by atoms with E-state index in [1.165, 1.54) is 6.20 Å². The molecule has 0 saturated heterocycles. The average molecular weight is 428 g/mol. The topological polar surface area (TPSA) is 191 Å². The summed E-state index contributed by atoms with van der Waals surface area (Å²) in [6, 6.07) is 10.0. The lowest BCUT2D eigenvalue weighted by Gasteiger charge is -2.02. The van der Waals surface area contributed by atoms with Crippen LogP contribution in [0.5, 0.6) is 12.0 Å². The SMILES string of the molecule is Cc1nn2c(-c3ccccc3)n[nH]c2c1/N=N/c1c(C#N)cnn1-c1nc(O)nc(O)n1. The molecule has 0 aliphatic carbocycles. The van der Waals surface area contributed by atoms with Crippen LogP contribution in [0.2, 0.25) is 0 Å². The number of hydrogen-bond acceptors (Lipinski definition) is 11. The van der Waals surface area contributed by atoms with Gasteiger partial charge in [0.25, 0.3) is 5.95 Å². The van der Waals surface area contributed by atoms with E-state index in [9.17, 15) is 15.5 Å². The summed E-state index contributed by atoms with van der Waals surface area (Å²) in [4.78, 5) is 10.7. The average Bonchev–Trinajstić information content (AvgIpc) is 3.45. The van der Waals surface area contributed by atoms with Crippen LogP contribution >= 0.6 is 0 Å². The molecule has 5 rings (SSSR count). The van der Waals surface area contributed by atoms with Gasteiger partial charge < -0.3 is 10.2 Å². The molecule has 14 heteroatoms. The van der Waals surface area contributed by atoms with Gasteiger partial charge in [0.1, 0.15) is 11.6 Å². The van der Waals surface area contributed by atoms with Gasteiger partial charge >= 0.3 is 12.0 Å². The molecule has 0 radical (unpaired) electrons. The normalized spacial score (nSPS) is 11.4. The van der Waals surface area contributed by atoms with E-state index in [2.05, 4.69) is 45.6 Å². The van der Waals surface area contributed by atoms with Gasteiger partial charge in [-0.1, -0.05) is 30.3 Å². The van der Waals surface area contributed by atoms with Gasteiger partial charge in [0.2, 0.25) is 0 Å². The van der Waals surface area contributed by atoms with E-state index >= 15 is 0 Å². The van der Waals surface area contributed by atoms with E-state index in [4.69, 9.17) is 0 Å². The molecule has 5 aromatic rings. The molecule has 0 atom stereocenters. The van der Waals surface area contributed by atoms with Crippen molar-refractivity contribution in [3.8, 4) is 35.4 Å². The smallest absolute Gasteiger partial charge is 0.321 e. The molecule has 0 fully saturated rings. The molecule has 32 heavy (non-hydrogen) atoms. The monoisotopic (exact) mass is 428 g/mol. The summed E-state index contributed by atoms with van der Waals surface area (Å²) >= 11 is 0. The summed E-state index contributed by atoms with van der Waals surface area (Å²) in [7, 11) is 0. The number of rotatable bonds is 4. The Morgan fingerprint density at radius 2 is 1.81 bits per heavy atom. The zero-order chi connectivity index (χ0) is 22.2. The number of aromatic nitrogens is 9. The number of azo groups is 1. The maximum absolute atomic E-state index is 9.54. The van der Waals surface area contributed by atoms with Crippen molar-refractivity contribution in [1.82, 2.24) is 44.5 Å². The Balaban J connectivity index is 1.60. The number of aromatic amines is 1. The predicted octanol–water partition coefficient (Wildman–Crippen LogP) is 2.10. The fraction of sp³-hybridized carbons (Fsp3) is 0.0556. The van der Waals surface area contributed by atoms with E-state index in [1.54, 1.807) is 11.4 Å². The quantitative estimate of drug-likeness (QED) is 0.359. The minimum Gasteiger partial charge on any atom is -0.479 e. The highest BCUT2D eigenvalue weighted by molar-refractivity contribution is 5.70. The van der Waals surface area contributed by atoms with Crippen molar-refractivity contribution in [3.63, 3.8) is 0 Å². The number of H-pyrrole nitrogens is 1. The molecule has 156 valence electrons. The lowest BCUT2D eigenvalue weighted by molar-refractivity contribution is 0.379. The van der Waals surface area contributed by atoms with Crippen molar-refractivity contribution in [2.24, 2.45) is 10.2 Å². The number of hydrogen-bond donors (Lipinski definition) is 3. The molecular weight excluding hydrogens is 416 g/mol. The van der Waals surface area contributed by atoms with E-state index in [0.29, 0.717) is 22.9 Å². The highest BCUT2D eigenvalue weighted by atomic mass is 16.3. The third kappa shape index (κ3) is 3.06. The van der Waals surface area contributed by atoms with E-state index < -0.39 is 12.0 Å². The number of aromatic hydroxyl groups is 2. The second-order valence-electron chi connectivity index (χ2n) is 6.45. The molecule has 0 spiro atoms. The number of nitrogens with one attached hydrogen (secondary N) is 1. The highest BCUT2D eigenvalue weighted by Crippen LogP contribution is 2.30. The third-order valence-corrected chi connectivity index (χ3v) is 4.43. The Bertz CT molecular complexity index is 1500. The maximum atomic E-state index is 9.54. The molecule has 4 heterocycles. The standard InChI is InChI=1S/C18H12N12O2/c1-9-12(15-27-26-13(29(15)28-9)10-5-3-2-4-6-10)24-25-14-11(7-19)8-20-30(14)16-21-17(31)23-18(32)22-16/h2-6,8,27H,1H3,(H2,21,22,23,31,32)/b25-24+. The first-order valence-electron chi connectivity index (χ1n) is 9.08. The molecule has 0 bridgehead atoms. The van der Waals surface area contributed by atoms with Crippen LogP contribution in [0.25, 0.3) is 23.0 Å². The second kappa shape index (κ2) is 7.25. The summed E-state index contributed by atoms with van der Waals surface area (Å²) in [5.41, 5.74) is 2.41. The van der Waals surface area contributed by atoms with Crippen LogP contribution < -0.4 is 0 Å². The number of benzene rings is 1. The Morgan fingerprint density at radius 1 is 1.06 bits per heavy atom. The second-order valence-corrected chi connectivity index (χ2v) is 6.45. The van der Waals surface area contributed by atoms with Gasteiger partial charge in [-0.25, -0.2) is 0 Å². The molecule has 0 saturated carbocycles. The van der Waals surface area contributed by atoms with Gasteiger partial charge in [-0.2, -0.15) is 39.7 Å². The summed E-state index contributed by atoms with van der Waals surface area (Å²) < 4.78 is 2.66. The molecule has 1 aromatic carbocycles. The molecule has 4 aromatic heterocycles. The zero-order valence-electron chi connectivity index (χ0n) is 16.3. The summed E-state index contributed by atoms with van der Waals surface area (Å²) in [5.74, 6) is 0.346. The Morgan fingerprint density at radius 3 is 2.53 bits per heavy atom. The van der Waals surface area contributed by atoms with Crippen LogP contribution in [0, 0.1) is 18.3 Å². The van der Waals surface area contributed by atoms with Crippen LogP contribution in [0.15, 0.2) is 46.8 Å². The minimum absolute atomic E-state index is 0.0148. The van der Waals surface area contributed by atoms with Crippen LogP contribution in [-0.4, -0.2) is 54.8 Å². The highest BCUT2D eigenvalue weighted by Gasteiger charge is 2.19. The van der Waals surface area contributed by atoms with Gasteiger partial charge in [-0.05, 0) is 6.92 Å². The van der Waals surface area contributed by atoms with Gasteiger partial charge in [0.05, 0.1) is 11.9 Å². The van der Waals surface area contributed by atoms with Crippen LogP contribution in [0.4, 0.5) is 11.5 Å². The Labute approximate surface area is 178 Å². The van der Waals surface area contributed by atoms with Crippen LogP contribution in [0.1, 0.15) is 11.3 Å². The first-order valence-corrected chi connectivity index (χ1v) is 9.08. The zero-order valence-corrected chi connectivity index (χ0v) is 16.3. The fourth-order valence-electron chi connectivity index (χ4n) is 3.02. The molecule has 0 aliphatic heterocycles. The summed E-state index contributed by atoms with van der Waals surface area (Å²) in [5, 5.41) is 52.6. The van der Waals surface area contributed by atoms with Crippen LogP contribution in [-0.2, 0) is 0 Å². The largest absolute Gasteiger partial charge is 0.479 e. The van der Waals surface area contributed by atoms with Crippen molar-refractivity contribution in [2.45, 2.75) is 6.92 Å². The van der Waals surface area contributed by atoms with Gasteiger partial charge in [-0.15, -0.1) is 15.2 Å². The van der Waals surface area contributed by atoms with E-state index in [0.717, 1.165) is 10.2 Å². The van der Waals surface area contributed by atoms with Gasteiger partial charge in [0, 0.05) is 5.56 Å². The predicted molar refractivity (Wildman–Crippen MR) is 107 cm³/mol. The summed E-state index contributed by atoms with van der Waals surface area (Å²) in [6.07, 6.45) is 1.23. The number of fused-ring (bicyclic) bond motifs is 1. The maximum Gasteiger partial charge on any atom is 0.321 e. The Kier molecular flexibility index (Phi) is 4.26. The van der Waals surface area contributed by atoms with Crippen LogP contribution in [0.3, 0.4) is 0 Å². The molecule has 0 unspecified atom stereocenters. The summed E-state index contributed by atoms with van der Waals surface area (Å²) in [6.45, 7) is 1.76. The van der Waals surface area contributed by atoms with Crippen molar-refractivity contribution in [2.75, 3.05) is 0 Å². The van der Waals surface area contributed by atoms with Crippen molar-refractivity contribution in [3.05, 3.63) is 47.8 Å². The third-order valence-electron chi connectivity index (χ3n) is 4.43. The lowest BCUT2D eigenvalue weighted by Crippen LogP contribution is -2.03. The van der Waals surface area contributed by atoms with E-state index in [-0.39, 0.29) is 17.3 Å². The first kappa shape index (κ1) is 18.8. The molecule has 0 amide bonds. The minimum atomic E-state index is -0.718. The van der Waals surface area contributed by atoms with Crippen molar-refractivity contribution < 1.29 is 10.2 Å². The van der Waals surface area contributed by atoms with Crippen molar-refractivity contribution >= 4 is 17.2 Å². The fourth-order valence-corrected chi connectivity index (χ4v) is 3.02. The van der Waals surface area contributed by atoms with Gasteiger partial charge in [0.15, 0.2) is 23.0 Å². The number of nitriles is 1. The molecule has 0 aliphatic rings. The molecular formula is C18H12N12O2. The molecule has 14 nitrogen and oxygen atoms in total. The Hall–Kier alpha value is -5.19. The molecule has 3 N–H and O–H groups in total. The van der Waals surface area contributed by atoms with Gasteiger partial charge in [-0.3, -0.25) is 5.10 Å². The number of nitrogens with zero attached hydrogens (tertiary/aromatic N) is 11. The van der Waals surface area contributed by atoms with Crippen molar-refractivity contribution in [1.29, 1.82) is 5.26 Å². The van der Waals surface area contributed by atoms with E-state index in [1.807, 2.05) is 36.4 Å². The lowest BCUT2D eigenvalue weighted by atomic mass is 10.2. The first-order chi connectivity index (χ1) is 15.5. The number of aryl methyl sites for hydroxylation is 1.